The minimum atomic E-state index is -1.18. The van der Waals surface area contributed by atoms with Gasteiger partial charge in [-0.2, -0.15) is 0 Å². The normalized spacial score (nSPS) is 18.5. The molecule has 2 aromatic heterocycles. The first-order chi connectivity index (χ1) is 19.2. The second-order valence-corrected chi connectivity index (χ2v) is 11.6. The van der Waals surface area contributed by atoms with Crippen LogP contribution >= 0.6 is 11.3 Å². The van der Waals surface area contributed by atoms with Crippen LogP contribution < -0.4 is 5.73 Å². The number of carbonyl (C=O) groups excluding carboxylic acids is 1. The molecule has 206 valence electrons. The summed E-state index contributed by atoms with van der Waals surface area (Å²) in [6.45, 7) is 8.02. The molecule has 0 bridgehead atoms. The molecular weight excluding hydrogens is 541 g/mol. The molecule has 2 aliphatic rings. The number of hydrogen-bond donors (Lipinski definition) is 2. The number of carbonyl (C=O) groups is 1. The Kier molecular flexibility index (Phi) is 6.60. The van der Waals surface area contributed by atoms with E-state index in [2.05, 4.69) is 15.2 Å². The predicted molar refractivity (Wildman–Crippen MR) is 144 cm³/mol. The molecule has 0 unspecified atom stereocenters. The molecule has 3 N–H and O–H groups in total. The number of amides is 1. The van der Waals surface area contributed by atoms with E-state index >= 15 is 8.78 Å². The maximum atomic E-state index is 15.8. The van der Waals surface area contributed by atoms with Gasteiger partial charge in [0.25, 0.3) is 5.91 Å². The summed E-state index contributed by atoms with van der Waals surface area (Å²) in [5, 5.41) is 18.5. The number of benzene rings is 2. The van der Waals surface area contributed by atoms with E-state index in [1.54, 1.807) is 11.0 Å². The molecule has 1 aliphatic carbocycles. The molecule has 6 rings (SSSR count). The lowest BCUT2D eigenvalue weighted by atomic mass is 9.80. The number of nitrogens with two attached hydrogens (primary N) is 1. The van der Waals surface area contributed by atoms with Crippen LogP contribution in [0, 0.1) is 24.0 Å². The maximum Gasteiger partial charge on any atom is 0.264 e. The molecule has 8 nitrogen and oxygen atoms in total. The van der Waals surface area contributed by atoms with Crippen LogP contribution in [0.2, 0.25) is 0 Å². The summed E-state index contributed by atoms with van der Waals surface area (Å²) < 4.78 is 47.2. The van der Waals surface area contributed by atoms with Gasteiger partial charge in [0.2, 0.25) is 5.69 Å². The first-order valence-corrected chi connectivity index (χ1v) is 13.8. The molecule has 40 heavy (non-hydrogen) atoms. The van der Waals surface area contributed by atoms with Gasteiger partial charge in [0.15, 0.2) is 11.6 Å². The van der Waals surface area contributed by atoms with Crippen molar-refractivity contribution in [2.45, 2.75) is 50.3 Å². The number of rotatable bonds is 5. The Morgan fingerprint density at radius 2 is 1.98 bits per heavy atom. The topological polar surface area (TPSA) is 102 Å². The van der Waals surface area contributed by atoms with Gasteiger partial charge in [0.05, 0.1) is 23.6 Å². The summed E-state index contributed by atoms with van der Waals surface area (Å²) in [6.07, 6.45) is 3.48. The van der Waals surface area contributed by atoms with E-state index in [4.69, 9.17) is 12.3 Å². The molecule has 1 aliphatic heterocycles. The van der Waals surface area contributed by atoms with Crippen molar-refractivity contribution in [1.82, 2.24) is 19.9 Å². The van der Waals surface area contributed by atoms with Crippen molar-refractivity contribution in [2.75, 3.05) is 13.1 Å². The van der Waals surface area contributed by atoms with Crippen molar-refractivity contribution in [3.63, 3.8) is 0 Å². The van der Waals surface area contributed by atoms with Gasteiger partial charge in [-0.1, -0.05) is 17.3 Å². The molecule has 12 heteroatoms. The predicted octanol–water partition coefficient (Wildman–Crippen LogP) is 5.27. The summed E-state index contributed by atoms with van der Waals surface area (Å²) in [5.41, 5.74) is 5.26. The summed E-state index contributed by atoms with van der Waals surface area (Å²) in [5.74, 6) is -3.41. The zero-order chi connectivity index (χ0) is 28.2. The van der Waals surface area contributed by atoms with Crippen LogP contribution in [0.1, 0.15) is 41.8 Å². The minimum absolute atomic E-state index is 0.00718. The highest BCUT2D eigenvalue weighted by atomic mass is 32.1. The summed E-state index contributed by atoms with van der Waals surface area (Å²) in [6, 6.07) is 6.70. The fourth-order valence-corrected chi connectivity index (χ4v) is 6.55. The number of likely N-dealkylation sites (tertiary alicyclic amines) is 1. The number of nitrogens with zero attached hydrogens (tertiary/aromatic N) is 5. The van der Waals surface area contributed by atoms with Gasteiger partial charge in [0.1, 0.15) is 16.9 Å². The van der Waals surface area contributed by atoms with E-state index in [9.17, 15) is 14.3 Å². The lowest BCUT2D eigenvalue weighted by molar-refractivity contribution is -0.0493. The third-order valence-electron chi connectivity index (χ3n) is 7.72. The van der Waals surface area contributed by atoms with Crippen LogP contribution in [0.5, 0.6) is 0 Å². The molecule has 1 atom stereocenters. The highest BCUT2D eigenvalue weighted by molar-refractivity contribution is 7.18. The van der Waals surface area contributed by atoms with Gasteiger partial charge in [-0.3, -0.25) is 4.79 Å². The van der Waals surface area contributed by atoms with Gasteiger partial charge in [-0.15, -0.1) is 16.4 Å². The smallest absolute Gasteiger partial charge is 0.264 e. The molecule has 1 saturated heterocycles. The number of thiophene rings is 1. The second kappa shape index (κ2) is 9.99. The Balaban J connectivity index is 1.48. The zero-order valence-electron chi connectivity index (χ0n) is 21.3. The highest BCUT2D eigenvalue weighted by Crippen LogP contribution is 2.44. The van der Waals surface area contributed by atoms with Crippen LogP contribution in [-0.2, 0) is 6.54 Å². The van der Waals surface area contributed by atoms with Gasteiger partial charge >= 0.3 is 0 Å². The Hall–Kier alpha value is -3.79. The third-order valence-corrected chi connectivity index (χ3v) is 8.88. The van der Waals surface area contributed by atoms with Gasteiger partial charge < -0.3 is 15.7 Å². The Bertz CT molecular complexity index is 1690. The van der Waals surface area contributed by atoms with E-state index in [1.165, 1.54) is 22.9 Å². The van der Waals surface area contributed by atoms with Crippen molar-refractivity contribution in [3.8, 4) is 21.6 Å². The standard InChI is InChI=1S/C28H25F3N6O2S/c1-33-20-6-5-15(10-19(20)29)17-12-22(27(38)36-9-2-4-16(32)13-36)40-26(17)18-11-21-25(24(31)23(18)30)37(35-34-21)14-28(39)7-3-8-28/h5-6,10-12,16,39H,2-4,7-9,13-14,32H2/t16-/m1/s1. The zero-order valence-corrected chi connectivity index (χ0v) is 22.1. The van der Waals surface area contributed by atoms with Gasteiger partial charge in [-0.05, 0) is 55.9 Å². The molecule has 2 fully saturated rings. The lowest BCUT2D eigenvalue weighted by Crippen LogP contribution is -2.45. The first kappa shape index (κ1) is 26.4. The summed E-state index contributed by atoms with van der Waals surface area (Å²) in [7, 11) is 0. The summed E-state index contributed by atoms with van der Waals surface area (Å²) in [4.78, 5) is 18.7. The van der Waals surface area contributed by atoms with Gasteiger partial charge in [-0.25, -0.2) is 22.7 Å². The van der Waals surface area contributed by atoms with Crippen molar-refractivity contribution in [3.05, 3.63) is 64.1 Å². The number of fused-ring (bicyclic) bond motifs is 1. The molecular formula is C28H25F3N6O2S. The minimum Gasteiger partial charge on any atom is -0.388 e. The van der Waals surface area contributed by atoms with E-state index in [-0.39, 0.29) is 50.5 Å². The van der Waals surface area contributed by atoms with E-state index < -0.39 is 23.1 Å². The number of piperidine rings is 1. The quantitative estimate of drug-likeness (QED) is 0.321. The highest BCUT2D eigenvalue weighted by Gasteiger charge is 2.36. The number of aromatic nitrogens is 3. The van der Waals surface area contributed by atoms with E-state index in [0.717, 1.165) is 36.7 Å². The number of halogens is 3. The van der Waals surface area contributed by atoms with Crippen molar-refractivity contribution >= 4 is 34.0 Å². The van der Waals surface area contributed by atoms with Gasteiger partial charge in [0, 0.05) is 35.1 Å². The van der Waals surface area contributed by atoms with Crippen LogP contribution in [-0.4, -0.2) is 55.6 Å². The average molecular weight is 567 g/mol. The van der Waals surface area contributed by atoms with Crippen LogP contribution in [0.4, 0.5) is 18.9 Å². The second-order valence-electron chi connectivity index (χ2n) is 10.5. The van der Waals surface area contributed by atoms with Crippen LogP contribution in [0.3, 0.4) is 0 Å². The average Bonchev–Trinajstić information content (AvgIpc) is 3.54. The fraction of sp³-hybridized carbons (Fsp3) is 0.357. The molecule has 1 saturated carbocycles. The molecule has 3 heterocycles. The molecule has 4 aromatic rings. The fourth-order valence-electron chi connectivity index (χ4n) is 5.40. The lowest BCUT2D eigenvalue weighted by Gasteiger charge is -2.36. The largest absolute Gasteiger partial charge is 0.388 e. The Labute approximate surface area is 231 Å². The SMILES string of the molecule is [C-]#[N+]c1ccc(-c2cc(C(=O)N3CCC[C@@H](N)C3)sc2-c2cc3nnn(CC4(O)CCC4)c3c(F)c2F)cc1F. The third kappa shape index (κ3) is 4.54. The van der Waals surface area contributed by atoms with Crippen LogP contribution in [0.15, 0.2) is 30.3 Å². The van der Waals surface area contributed by atoms with E-state index in [1.807, 2.05) is 0 Å². The molecule has 0 spiro atoms. The molecule has 1 amide bonds. The summed E-state index contributed by atoms with van der Waals surface area (Å²) >= 11 is 0.971. The van der Waals surface area contributed by atoms with Crippen molar-refractivity contribution in [2.24, 2.45) is 5.73 Å². The Morgan fingerprint density at radius 1 is 1.18 bits per heavy atom. The monoisotopic (exact) mass is 566 g/mol. The van der Waals surface area contributed by atoms with E-state index in [0.29, 0.717) is 37.1 Å². The maximum absolute atomic E-state index is 15.8. The molecule has 2 aromatic carbocycles. The first-order valence-electron chi connectivity index (χ1n) is 13.0. The molecule has 0 radical (unpaired) electrons. The number of aliphatic hydroxyl groups is 1. The van der Waals surface area contributed by atoms with Crippen molar-refractivity contribution < 1.29 is 23.1 Å². The van der Waals surface area contributed by atoms with Crippen LogP contribution in [0.25, 0.3) is 37.4 Å². The number of hydrogen-bond acceptors (Lipinski definition) is 6. The van der Waals surface area contributed by atoms with Crippen molar-refractivity contribution in [1.29, 1.82) is 0 Å². The Morgan fingerprint density at radius 3 is 2.65 bits per heavy atom.